The molecule has 0 N–H and O–H groups in total. The summed E-state index contributed by atoms with van der Waals surface area (Å²) in [4.78, 5) is 17.4. The molecule has 8 heteroatoms. The highest BCUT2D eigenvalue weighted by Gasteiger charge is 2.46. The number of ether oxygens (including phenoxy) is 2. The van der Waals surface area contributed by atoms with Crippen LogP contribution in [0.3, 0.4) is 0 Å². The van der Waals surface area contributed by atoms with Crippen LogP contribution in [0.15, 0.2) is 47.4 Å². The molecule has 0 radical (unpaired) electrons. The Morgan fingerprint density at radius 1 is 1.11 bits per heavy atom. The molecule has 3 rings (SSSR count). The molecule has 142 valence electrons. The minimum Gasteiger partial charge on any atom is -0.425 e. The van der Waals surface area contributed by atoms with Gasteiger partial charge in [-0.2, -0.15) is 4.33 Å². The first-order valence-corrected chi connectivity index (χ1v) is 8.60. The molecule has 1 atom stereocenters. The van der Waals surface area contributed by atoms with Crippen molar-refractivity contribution in [3.63, 3.8) is 0 Å². The first-order chi connectivity index (χ1) is 12.9. The van der Waals surface area contributed by atoms with Crippen LogP contribution in [0.1, 0.15) is 18.1 Å². The summed E-state index contributed by atoms with van der Waals surface area (Å²) >= 11 is 0.834. The van der Waals surface area contributed by atoms with Crippen LogP contribution in [0, 0.1) is 11.6 Å². The maximum absolute atomic E-state index is 14.9. The van der Waals surface area contributed by atoms with E-state index in [1.165, 1.54) is 51.5 Å². The van der Waals surface area contributed by atoms with Gasteiger partial charge < -0.3 is 9.47 Å². The highest BCUT2D eigenvalue weighted by molar-refractivity contribution is 7.94. The molecule has 0 saturated carbocycles. The fourth-order valence-corrected chi connectivity index (χ4v) is 3.28. The molecule has 1 heterocycles. The van der Waals surface area contributed by atoms with Gasteiger partial charge in [0.2, 0.25) is 5.79 Å². The summed E-state index contributed by atoms with van der Waals surface area (Å²) in [5, 5.41) is 0. The van der Waals surface area contributed by atoms with E-state index in [9.17, 15) is 13.6 Å². The second-order valence-electron chi connectivity index (χ2n) is 5.76. The third kappa shape index (κ3) is 3.74. The lowest BCUT2D eigenvalue weighted by Gasteiger charge is -2.25. The van der Waals surface area contributed by atoms with E-state index in [0.29, 0.717) is 4.90 Å². The molecule has 0 aromatic heterocycles. The highest BCUT2D eigenvalue weighted by Crippen LogP contribution is 2.45. The molecule has 1 aliphatic heterocycles. The Bertz CT molecular complexity index is 915. The van der Waals surface area contributed by atoms with Crippen LogP contribution >= 0.6 is 12.0 Å². The van der Waals surface area contributed by atoms with E-state index in [1.54, 1.807) is 12.1 Å². The zero-order valence-corrected chi connectivity index (χ0v) is 15.6. The van der Waals surface area contributed by atoms with E-state index in [0.717, 1.165) is 12.0 Å². The van der Waals surface area contributed by atoms with Gasteiger partial charge in [-0.15, -0.1) is 0 Å². The third-order valence-corrected chi connectivity index (χ3v) is 4.76. The van der Waals surface area contributed by atoms with Gasteiger partial charge in [0.15, 0.2) is 0 Å². The molecule has 0 bridgehead atoms. The maximum Gasteiger partial charge on any atom is 0.342 e. The van der Waals surface area contributed by atoms with E-state index in [4.69, 9.17) is 13.8 Å². The van der Waals surface area contributed by atoms with Gasteiger partial charge in [0.1, 0.15) is 11.6 Å². The summed E-state index contributed by atoms with van der Waals surface area (Å²) in [6.45, 7) is 1.50. The number of hydrogen-bond acceptors (Lipinski definition) is 6. The molecular formula is C19H16F2O5S. The minimum absolute atomic E-state index is 0.0475. The quantitative estimate of drug-likeness (QED) is 0.314. The van der Waals surface area contributed by atoms with Crippen LogP contribution in [-0.2, 0) is 23.5 Å². The van der Waals surface area contributed by atoms with Crippen molar-refractivity contribution in [3.05, 3.63) is 65.2 Å². The SMILES string of the molecule is COOSc1ccc(C2=C(c3cccc(F)c3)C(=O)OC2(C)OC)c(F)c1. The Morgan fingerprint density at radius 2 is 1.89 bits per heavy atom. The van der Waals surface area contributed by atoms with Gasteiger partial charge in [-0.3, -0.25) is 0 Å². The summed E-state index contributed by atoms with van der Waals surface area (Å²) in [6.07, 6.45) is 0. The lowest BCUT2D eigenvalue weighted by Crippen LogP contribution is -2.29. The van der Waals surface area contributed by atoms with Crippen molar-refractivity contribution in [1.82, 2.24) is 0 Å². The Kier molecular flexibility index (Phi) is 5.61. The molecule has 5 nitrogen and oxygen atoms in total. The predicted molar refractivity (Wildman–Crippen MR) is 95.1 cm³/mol. The van der Waals surface area contributed by atoms with Gasteiger partial charge in [0.05, 0.1) is 24.7 Å². The summed E-state index contributed by atoms with van der Waals surface area (Å²) in [5.74, 6) is -3.38. The summed E-state index contributed by atoms with van der Waals surface area (Å²) in [5.41, 5.74) is 0.608. The van der Waals surface area contributed by atoms with Crippen LogP contribution in [-0.4, -0.2) is 26.0 Å². The Morgan fingerprint density at radius 3 is 2.52 bits per heavy atom. The van der Waals surface area contributed by atoms with Gasteiger partial charge in [0.25, 0.3) is 0 Å². The maximum atomic E-state index is 14.9. The van der Waals surface area contributed by atoms with Crippen molar-refractivity contribution < 1.29 is 32.3 Å². The zero-order chi connectivity index (χ0) is 19.6. The Labute approximate surface area is 159 Å². The number of carbonyl (C=O) groups is 1. The van der Waals surface area contributed by atoms with Crippen molar-refractivity contribution in [2.24, 2.45) is 0 Å². The number of carbonyl (C=O) groups excluding carboxylic acids is 1. The van der Waals surface area contributed by atoms with Gasteiger partial charge in [-0.1, -0.05) is 18.2 Å². The Balaban J connectivity index is 2.19. The van der Waals surface area contributed by atoms with Crippen LogP contribution in [0.4, 0.5) is 8.78 Å². The number of hydrogen-bond donors (Lipinski definition) is 0. The Hall–Kier alpha value is -2.26. The minimum atomic E-state index is -1.52. The van der Waals surface area contributed by atoms with Crippen molar-refractivity contribution in [1.29, 1.82) is 0 Å². The highest BCUT2D eigenvalue weighted by atomic mass is 32.2. The molecule has 0 saturated heterocycles. The molecule has 1 unspecified atom stereocenters. The average molecular weight is 394 g/mol. The van der Waals surface area contributed by atoms with E-state index in [-0.39, 0.29) is 22.3 Å². The second-order valence-corrected chi connectivity index (χ2v) is 6.53. The molecule has 1 aliphatic rings. The fourth-order valence-electron chi connectivity index (χ4n) is 2.86. The molecule has 0 aliphatic carbocycles. The smallest absolute Gasteiger partial charge is 0.342 e. The number of esters is 1. The van der Waals surface area contributed by atoms with Gasteiger partial charge >= 0.3 is 5.97 Å². The molecule has 0 amide bonds. The van der Waals surface area contributed by atoms with Crippen molar-refractivity contribution in [2.45, 2.75) is 17.6 Å². The summed E-state index contributed by atoms with van der Waals surface area (Å²) in [6, 6.07) is 9.75. The van der Waals surface area contributed by atoms with Crippen LogP contribution in [0.2, 0.25) is 0 Å². The monoisotopic (exact) mass is 394 g/mol. The first-order valence-electron chi connectivity index (χ1n) is 7.86. The zero-order valence-electron chi connectivity index (χ0n) is 14.7. The average Bonchev–Trinajstić information content (AvgIpc) is 2.91. The summed E-state index contributed by atoms with van der Waals surface area (Å²) < 4.78 is 44.0. The van der Waals surface area contributed by atoms with Crippen LogP contribution in [0.25, 0.3) is 11.1 Å². The molecular weight excluding hydrogens is 378 g/mol. The molecule has 2 aromatic carbocycles. The number of benzene rings is 2. The fraction of sp³-hybridized carbons (Fsp3) is 0.211. The van der Waals surface area contributed by atoms with E-state index >= 15 is 0 Å². The normalized spacial score (nSPS) is 19.5. The number of methoxy groups -OCH3 is 1. The predicted octanol–water partition coefficient (Wildman–Crippen LogP) is 4.38. The van der Waals surface area contributed by atoms with Gasteiger partial charge in [-0.25, -0.2) is 18.5 Å². The lowest BCUT2D eigenvalue weighted by molar-refractivity contribution is -0.178. The standard InChI is InChI=1S/C19H16F2O5S/c1-19(23-2)17(14-8-7-13(10-15(14)21)27-26-24-3)16(18(22)25-19)11-5-4-6-12(20)9-11/h4-10H,1-3H3. The van der Waals surface area contributed by atoms with E-state index < -0.39 is 23.4 Å². The van der Waals surface area contributed by atoms with Crippen LogP contribution in [0.5, 0.6) is 0 Å². The van der Waals surface area contributed by atoms with Gasteiger partial charge in [0, 0.05) is 30.1 Å². The second kappa shape index (κ2) is 7.77. The van der Waals surface area contributed by atoms with Gasteiger partial charge in [-0.05, 0) is 29.8 Å². The van der Waals surface area contributed by atoms with E-state index in [1.807, 2.05) is 0 Å². The van der Waals surface area contributed by atoms with Crippen molar-refractivity contribution >= 4 is 29.2 Å². The molecule has 0 fully saturated rings. The third-order valence-electron chi connectivity index (χ3n) is 4.11. The first kappa shape index (κ1) is 19.5. The number of halogens is 2. The topological polar surface area (TPSA) is 54.0 Å². The number of cyclic esters (lactones) is 1. The lowest BCUT2D eigenvalue weighted by atomic mass is 9.91. The largest absolute Gasteiger partial charge is 0.425 e. The van der Waals surface area contributed by atoms with E-state index in [2.05, 4.69) is 4.89 Å². The molecule has 0 spiro atoms. The van der Waals surface area contributed by atoms with Crippen LogP contribution < -0.4 is 0 Å². The number of rotatable bonds is 6. The molecule has 2 aromatic rings. The van der Waals surface area contributed by atoms with Crippen molar-refractivity contribution in [3.8, 4) is 0 Å². The van der Waals surface area contributed by atoms with Crippen molar-refractivity contribution in [2.75, 3.05) is 14.2 Å². The summed E-state index contributed by atoms with van der Waals surface area (Å²) in [7, 11) is 2.68. The molecule has 27 heavy (non-hydrogen) atoms.